The Kier molecular flexibility index (Phi) is 6.07. The normalized spacial score (nSPS) is 12.5. The Hall–Kier alpha value is -5.99. The van der Waals surface area contributed by atoms with E-state index in [0.29, 0.717) is 0 Å². The summed E-state index contributed by atoms with van der Waals surface area (Å²) < 4.78 is 2.36. The van der Waals surface area contributed by atoms with Crippen LogP contribution in [0.3, 0.4) is 0 Å². The maximum absolute atomic E-state index is 5.00. The third-order valence-corrected chi connectivity index (χ3v) is 9.40. The zero-order valence-electron chi connectivity index (χ0n) is 25.5. The molecule has 0 fully saturated rings. The van der Waals surface area contributed by atoms with Crippen LogP contribution in [-0.4, -0.2) is 9.55 Å². The maximum Gasteiger partial charge on any atom is 0.0970 e. The lowest BCUT2D eigenvalue weighted by Crippen LogP contribution is -1.94. The van der Waals surface area contributed by atoms with Crippen molar-refractivity contribution in [1.29, 1.82) is 0 Å². The summed E-state index contributed by atoms with van der Waals surface area (Å²) in [6.45, 7) is 2.19. The molecular formula is C44H30N2. The molecule has 2 nitrogen and oxygen atoms in total. The smallest absolute Gasteiger partial charge is 0.0970 e. The Morgan fingerprint density at radius 1 is 0.587 bits per heavy atom. The van der Waals surface area contributed by atoms with Crippen LogP contribution < -0.4 is 0 Å². The van der Waals surface area contributed by atoms with Gasteiger partial charge in [-0.1, -0.05) is 133 Å². The van der Waals surface area contributed by atoms with Gasteiger partial charge in [-0.25, -0.2) is 0 Å². The van der Waals surface area contributed by atoms with Crippen LogP contribution >= 0.6 is 0 Å². The van der Waals surface area contributed by atoms with E-state index in [1.165, 1.54) is 55.5 Å². The molecule has 2 heteroatoms. The van der Waals surface area contributed by atoms with Crippen molar-refractivity contribution in [2.75, 3.05) is 0 Å². The van der Waals surface area contributed by atoms with Crippen LogP contribution in [0.4, 0.5) is 0 Å². The van der Waals surface area contributed by atoms with Crippen LogP contribution in [0.2, 0.25) is 0 Å². The predicted molar refractivity (Wildman–Crippen MR) is 194 cm³/mol. The van der Waals surface area contributed by atoms with Gasteiger partial charge in [0.1, 0.15) is 0 Å². The SMILES string of the molecule is C/C(=C\C=C1c2ccccc2-c2ccccc21)c1ccc(-c2ccc3c(c2)c2ncc4ccccc4c2n3-c2ccccc2)cc1. The molecule has 8 aromatic rings. The van der Waals surface area contributed by atoms with E-state index in [9.17, 15) is 0 Å². The highest BCUT2D eigenvalue weighted by Gasteiger charge is 2.22. The second-order valence-corrected chi connectivity index (χ2v) is 12.0. The van der Waals surface area contributed by atoms with Crippen LogP contribution in [0.15, 0.2) is 164 Å². The van der Waals surface area contributed by atoms with Crippen molar-refractivity contribution in [1.82, 2.24) is 9.55 Å². The largest absolute Gasteiger partial charge is 0.307 e. The standard InChI is InChI=1S/C44H30N2/c1-29(19-25-40-38-17-9-7-15-36(38)37-16-8-10-18-39(37)40)30-20-22-31(23-21-30)32-24-26-42-41(27-32)43-44(46(42)34-12-3-2-4-13-34)35-14-6-5-11-33(35)28-45-43/h2-28H,1H3/b29-19+. The van der Waals surface area contributed by atoms with Gasteiger partial charge in [-0.3, -0.25) is 4.98 Å². The van der Waals surface area contributed by atoms with Gasteiger partial charge in [0.05, 0.1) is 16.6 Å². The molecule has 1 aliphatic rings. The molecule has 0 saturated carbocycles. The number of rotatable bonds is 4. The molecule has 0 spiro atoms. The van der Waals surface area contributed by atoms with Gasteiger partial charge in [-0.15, -0.1) is 0 Å². The van der Waals surface area contributed by atoms with E-state index in [4.69, 9.17) is 4.98 Å². The van der Waals surface area contributed by atoms with E-state index in [1.54, 1.807) is 0 Å². The lowest BCUT2D eigenvalue weighted by Gasteiger charge is -2.09. The molecule has 1 aliphatic carbocycles. The third-order valence-electron chi connectivity index (χ3n) is 9.40. The predicted octanol–water partition coefficient (Wildman–Crippen LogP) is 11.5. The number of benzene rings is 6. The van der Waals surface area contributed by atoms with E-state index in [1.807, 2.05) is 6.20 Å². The van der Waals surface area contributed by atoms with E-state index >= 15 is 0 Å². The molecule has 0 amide bonds. The van der Waals surface area contributed by atoms with Crippen LogP contribution in [0, 0.1) is 0 Å². The van der Waals surface area contributed by atoms with Gasteiger partial charge < -0.3 is 4.57 Å². The molecule has 2 aromatic heterocycles. The van der Waals surface area contributed by atoms with Gasteiger partial charge in [0.25, 0.3) is 0 Å². The number of nitrogens with zero attached hydrogens (tertiary/aromatic N) is 2. The first-order valence-electron chi connectivity index (χ1n) is 15.8. The highest BCUT2D eigenvalue weighted by atomic mass is 15.0. The number of para-hydroxylation sites is 1. The molecule has 0 aliphatic heterocycles. The monoisotopic (exact) mass is 586 g/mol. The van der Waals surface area contributed by atoms with Gasteiger partial charge in [0.2, 0.25) is 0 Å². The molecule has 9 rings (SSSR count). The maximum atomic E-state index is 5.00. The van der Waals surface area contributed by atoms with Gasteiger partial charge in [0.15, 0.2) is 0 Å². The Labute approximate surface area is 268 Å². The fourth-order valence-corrected chi connectivity index (χ4v) is 7.10. The molecule has 0 radical (unpaired) electrons. The average Bonchev–Trinajstić information content (AvgIpc) is 3.63. The molecular weight excluding hydrogens is 556 g/mol. The Morgan fingerprint density at radius 3 is 1.96 bits per heavy atom. The van der Waals surface area contributed by atoms with Gasteiger partial charge in [-0.2, -0.15) is 0 Å². The fraction of sp³-hybridized carbons (Fsp3) is 0.0227. The van der Waals surface area contributed by atoms with E-state index < -0.39 is 0 Å². The topological polar surface area (TPSA) is 17.8 Å². The molecule has 6 aromatic carbocycles. The molecule has 0 atom stereocenters. The number of hydrogen-bond acceptors (Lipinski definition) is 1. The van der Waals surface area contributed by atoms with Crippen molar-refractivity contribution in [3.05, 3.63) is 181 Å². The quantitative estimate of drug-likeness (QED) is 0.201. The van der Waals surface area contributed by atoms with Gasteiger partial charge >= 0.3 is 0 Å². The number of pyridine rings is 1. The summed E-state index contributed by atoms with van der Waals surface area (Å²) in [6, 6.07) is 52.3. The first-order valence-corrected chi connectivity index (χ1v) is 15.8. The number of allylic oxidation sites excluding steroid dienone is 3. The second kappa shape index (κ2) is 10.6. The van der Waals surface area contributed by atoms with Crippen LogP contribution in [0.1, 0.15) is 23.6 Å². The minimum atomic E-state index is 1.03. The number of aromatic nitrogens is 2. The van der Waals surface area contributed by atoms with Crippen molar-refractivity contribution in [3.63, 3.8) is 0 Å². The summed E-state index contributed by atoms with van der Waals surface area (Å²) in [4.78, 5) is 5.00. The molecule has 0 saturated heterocycles. The first kappa shape index (κ1) is 26.4. The lowest BCUT2D eigenvalue weighted by atomic mass is 9.98. The minimum absolute atomic E-state index is 1.03. The van der Waals surface area contributed by atoms with Crippen molar-refractivity contribution < 1.29 is 0 Å². The first-order chi connectivity index (χ1) is 22.7. The number of hydrogen-bond donors (Lipinski definition) is 0. The molecule has 0 unspecified atom stereocenters. The second-order valence-electron chi connectivity index (χ2n) is 12.0. The van der Waals surface area contributed by atoms with Crippen molar-refractivity contribution in [2.24, 2.45) is 0 Å². The zero-order chi connectivity index (χ0) is 30.6. The van der Waals surface area contributed by atoms with Crippen LogP contribution in [0.25, 0.3) is 71.8 Å². The van der Waals surface area contributed by atoms with Crippen LogP contribution in [-0.2, 0) is 0 Å². The molecule has 0 N–H and O–H groups in total. The molecule has 216 valence electrons. The summed E-state index contributed by atoms with van der Waals surface area (Å²) >= 11 is 0. The van der Waals surface area contributed by atoms with Gasteiger partial charge in [0, 0.05) is 28.0 Å². The molecule has 2 heterocycles. The van der Waals surface area contributed by atoms with Crippen molar-refractivity contribution >= 4 is 43.9 Å². The average molecular weight is 587 g/mol. The zero-order valence-corrected chi connectivity index (χ0v) is 25.5. The number of fused-ring (bicyclic) bond motifs is 8. The summed E-state index contributed by atoms with van der Waals surface area (Å²) in [7, 11) is 0. The Balaban J connectivity index is 1.10. The fourth-order valence-electron chi connectivity index (χ4n) is 7.10. The van der Waals surface area contributed by atoms with E-state index in [2.05, 4.69) is 169 Å². The summed E-state index contributed by atoms with van der Waals surface area (Å²) in [6.07, 6.45) is 6.53. The summed E-state index contributed by atoms with van der Waals surface area (Å²) in [5.41, 5.74) is 15.8. The summed E-state index contributed by atoms with van der Waals surface area (Å²) in [5, 5.41) is 3.51. The minimum Gasteiger partial charge on any atom is -0.307 e. The molecule has 46 heavy (non-hydrogen) atoms. The highest BCUT2D eigenvalue weighted by molar-refractivity contribution is 6.17. The molecule has 0 bridgehead atoms. The Morgan fingerprint density at radius 2 is 1.22 bits per heavy atom. The lowest BCUT2D eigenvalue weighted by molar-refractivity contribution is 1.18. The summed E-state index contributed by atoms with van der Waals surface area (Å²) in [5.74, 6) is 0. The van der Waals surface area contributed by atoms with Crippen molar-refractivity contribution in [3.8, 4) is 27.9 Å². The Bertz CT molecular complexity index is 2460. The van der Waals surface area contributed by atoms with E-state index in [-0.39, 0.29) is 0 Å². The van der Waals surface area contributed by atoms with Crippen LogP contribution in [0.5, 0.6) is 0 Å². The van der Waals surface area contributed by atoms with Crippen molar-refractivity contribution in [2.45, 2.75) is 6.92 Å². The van der Waals surface area contributed by atoms with Gasteiger partial charge in [-0.05, 0) is 81.3 Å². The third kappa shape index (κ3) is 4.15. The highest BCUT2D eigenvalue weighted by Crippen LogP contribution is 2.44. The van der Waals surface area contributed by atoms with E-state index in [0.717, 1.165) is 33.0 Å².